The Hall–Kier alpha value is -2.21. The van der Waals surface area contributed by atoms with Crippen LogP contribution in [0.1, 0.15) is 11.3 Å². The summed E-state index contributed by atoms with van der Waals surface area (Å²) in [6.07, 6.45) is 1.84. The molecule has 0 fully saturated rings. The molecule has 1 aromatic carbocycles. The summed E-state index contributed by atoms with van der Waals surface area (Å²) in [6, 6.07) is 6.76. The van der Waals surface area contributed by atoms with Gasteiger partial charge in [0.25, 0.3) is 0 Å². The lowest BCUT2D eigenvalue weighted by atomic mass is 10.2. The Morgan fingerprint density at radius 3 is 2.89 bits per heavy atom. The third-order valence-corrected chi connectivity index (χ3v) is 2.78. The fraction of sp³-hybridized carbons (Fsp3) is 0.167. The number of oxime groups is 1. The van der Waals surface area contributed by atoms with Crippen LogP contribution in [0.25, 0.3) is 0 Å². The van der Waals surface area contributed by atoms with Crippen LogP contribution in [0.2, 0.25) is 5.02 Å². The predicted molar refractivity (Wildman–Crippen MR) is 71.5 cm³/mol. The van der Waals surface area contributed by atoms with E-state index in [1.807, 2.05) is 19.3 Å². The van der Waals surface area contributed by atoms with Crippen LogP contribution in [-0.2, 0) is 13.7 Å². The molecule has 1 heterocycles. The molecular weight excluding hydrogens is 268 g/mol. The van der Waals surface area contributed by atoms with Crippen molar-refractivity contribution in [2.75, 3.05) is 0 Å². The molecule has 0 spiro atoms. The maximum absolute atomic E-state index is 8.58. The molecule has 0 saturated carbocycles. The Kier molecular flexibility index (Phi) is 3.91. The molecule has 0 unspecified atom stereocenters. The van der Waals surface area contributed by atoms with Crippen molar-refractivity contribution in [1.29, 1.82) is 0 Å². The largest absolute Gasteiger partial charge is 0.486 e. The summed E-state index contributed by atoms with van der Waals surface area (Å²) in [4.78, 5) is 0. The van der Waals surface area contributed by atoms with Gasteiger partial charge in [-0.2, -0.15) is 5.10 Å². The first-order valence-electron chi connectivity index (χ1n) is 5.49. The van der Waals surface area contributed by atoms with Gasteiger partial charge in [-0.1, -0.05) is 16.8 Å². The van der Waals surface area contributed by atoms with Crippen LogP contribution in [0.4, 0.5) is 0 Å². The first kappa shape index (κ1) is 13.2. The zero-order valence-corrected chi connectivity index (χ0v) is 11.0. The molecule has 0 bridgehead atoms. The van der Waals surface area contributed by atoms with E-state index < -0.39 is 0 Å². The van der Waals surface area contributed by atoms with Gasteiger partial charge in [0.15, 0.2) is 5.84 Å². The minimum Gasteiger partial charge on any atom is -0.486 e. The molecule has 2 aromatic rings. The van der Waals surface area contributed by atoms with Crippen molar-refractivity contribution >= 4 is 17.4 Å². The number of nitrogens with two attached hydrogens (primary N) is 1. The highest BCUT2D eigenvalue weighted by Gasteiger charge is 2.07. The van der Waals surface area contributed by atoms with E-state index in [4.69, 9.17) is 27.3 Å². The highest BCUT2D eigenvalue weighted by atomic mass is 35.5. The monoisotopic (exact) mass is 280 g/mol. The van der Waals surface area contributed by atoms with Gasteiger partial charge in [0.1, 0.15) is 12.4 Å². The van der Waals surface area contributed by atoms with E-state index in [1.54, 1.807) is 22.9 Å². The lowest BCUT2D eigenvalue weighted by Crippen LogP contribution is -2.12. The Morgan fingerprint density at radius 2 is 2.32 bits per heavy atom. The van der Waals surface area contributed by atoms with Crippen LogP contribution in [0.5, 0.6) is 5.75 Å². The Labute approximate surface area is 115 Å². The summed E-state index contributed by atoms with van der Waals surface area (Å²) in [5.74, 6) is 0.514. The number of ether oxygens (including phenoxy) is 1. The molecule has 0 radical (unpaired) electrons. The van der Waals surface area contributed by atoms with Crippen molar-refractivity contribution < 1.29 is 9.94 Å². The molecule has 0 amide bonds. The second-order valence-corrected chi connectivity index (χ2v) is 4.31. The van der Waals surface area contributed by atoms with Crippen molar-refractivity contribution in [2.24, 2.45) is 17.9 Å². The Balaban J connectivity index is 2.09. The standard InChI is InChI=1S/C12H13ClN4O2/c1-17-5-4-9(15-17)7-19-11-3-2-8(6-10(11)13)12(14)16-18/h2-6,18H,7H2,1H3,(H2,14,16). The van der Waals surface area contributed by atoms with Crippen LogP contribution in [0.3, 0.4) is 0 Å². The van der Waals surface area contributed by atoms with Crippen LogP contribution in [-0.4, -0.2) is 20.8 Å². The highest BCUT2D eigenvalue weighted by molar-refractivity contribution is 6.32. The number of aryl methyl sites for hydroxylation is 1. The number of aromatic nitrogens is 2. The van der Waals surface area contributed by atoms with Gasteiger partial charge in [-0.15, -0.1) is 0 Å². The fourth-order valence-electron chi connectivity index (χ4n) is 1.53. The number of halogens is 1. The SMILES string of the molecule is Cn1ccc(COc2ccc(/C(N)=N/O)cc2Cl)n1. The van der Waals surface area contributed by atoms with Gasteiger partial charge in [0, 0.05) is 18.8 Å². The summed E-state index contributed by atoms with van der Waals surface area (Å²) < 4.78 is 7.25. The number of benzene rings is 1. The van der Waals surface area contributed by atoms with Crippen LogP contribution in [0, 0.1) is 0 Å². The van der Waals surface area contributed by atoms with Crippen LogP contribution < -0.4 is 10.5 Å². The van der Waals surface area contributed by atoms with E-state index in [9.17, 15) is 0 Å². The third-order valence-electron chi connectivity index (χ3n) is 2.48. The number of nitrogens with zero attached hydrogens (tertiary/aromatic N) is 3. The molecule has 3 N–H and O–H groups in total. The van der Waals surface area contributed by atoms with E-state index in [-0.39, 0.29) is 5.84 Å². The molecule has 0 atom stereocenters. The van der Waals surface area contributed by atoms with Crippen molar-refractivity contribution in [2.45, 2.75) is 6.61 Å². The maximum atomic E-state index is 8.58. The first-order chi connectivity index (χ1) is 9.10. The van der Waals surface area contributed by atoms with Gasteiger partial charge in [-0.25, -0.2) is 0 Å². The first-order valence-corrected chi connectivity index (χ1v) is 5.86. The highest BCUT2D eigenvalue weighted by Crippen LogP contribution is 2.26. The van der Waals surface area contributed by atoms with E-state index >= 15 is 0 Å². The summed E-state index contributed by atoms with van der Waals surface area (Å²) in [6.45, 7) is 0.323. The molecule has 2 rings (SSSR count). The average Bonchev–Trinajstić information content (AvgIpc) is 2.82. The number of rotatable bonds is 4. The van der Waals surface area contributed by atoms with Gasteiger partial charge in [0.05, 0.1) is 10.7 Å². The minimum absolute atomic E-state index is 0.00169. The molecular formula is C12H13ClN4O2. The lowest BCUT2D eigenvalue weighted by Gasteiger charge is -2.07. The van der Waals surface area contributed by atoms with E-state index in [0.29, 0.717) is 22.9 Å². The third kappa shape index (κ3) is 3.17. The molecule has 100 valence electrons. The molecule has 1 aromatic heterocycles. The second-order valence-electron chi connectivity index (χ2n) is 3.90. The van der Waals surface area contributed by atoms with Crippen molar-refractivity contribution in [1.82, 2.24) is 9.78 Å². The summed E-state index contributed by atoms with van der Waals surface area (Å²) in [5.41, 5.74) is 6.80. The van der Waals surface area contributed by atoms with Gasteiger partial charge in [0.2, 0.25) is 0 Å². The fourth-order valence-corrected chi connectivity index (χ4v) is 1.76. The second kappa shape index (κ2) is 5.62. The van der Waals surface area contributed by atoms with Crippen molar-refractivity contribution in [3.05, 3.63) is 46.7 Å². The summed E-state index contributed by atoms with van der Waals surface area (Å²) in [5, 5.41) is 16.1. The Morgan fingerprint density at radius 1 is 1.53 bits per heavy atom. The van der Waals surface area contributed by atoms with Gasteiger partial charge in [-0.05, 0) is 24.3 Å². The quantitative estimate of drug-likeness (QED) is 0.387. The van der Waals surface area contributed by atoms with Crippen molar-refractivity contribution in [3.8, 4) is 5.75 Å². The smallest absolute Gasteiger partial charge is 0.170 e. The zero-order valence-electron chi connectivity index (χ0n) is 10.2. The maximum Gasteiger partial charge on any atom is 0.170 e. The minimum atomic E-state index is -0.00169. The zero-order chi connectivity index (χ0) is 13.8. The van der Waals surface area contributed by atoms with Gasteiger partial charge in [-0.3, -0.25) is 4.68 Å². The van der Waals surface area contributed by atoms with E-state index in [2.05, 4.69) is 10.3 Å². The number of hydrogen-bond acceptors (Lipinski definition) is 4. The molecule has 0 aliphatic heterocycles. The molecule has 19 heavy (non-hydrogen) atoms. The summed E-state index contributed by atoms with van der Waals surface area (Å²) >= 11 is 6.06. The van der Waals surface area contributed by atoms with Crippen LogP contribution >= 0.6 is 11.6 Å². The molecule has 6 nitrogen and oxygen atoms in total. The molecule has 0 aliphatic rings. The van der Waals surface area contributed by atoms with Gasteiger partial charge < -0.3 is 15.7 Å². The van der Waals surface area contributed by atoms with Crippen LogP contribution in [0.15, 0.2) is 35.6 Å². The molecule has 0 aliphatic carbocycles. The topological polar surface area (TPSA) is 85.7 Å². The molecule has 7 heteroatoms. The Bertz CT molecular complexity index is 610. The number of amidine groups is 1. The van der Waals surface area contributed by atoms with Crippen molar-refractivity contribution in [3.63, 3.8) is 0 Å². The lowest BCUT2D eigenvalue weighted by molar-refractivity contribution is 0.300. The van der Waals surface area contributed by atoms with Gasteiger partial charge >= 0.3 is 0 Å². The van der Waals surface area contributed by atoms with E-state index in [1.165, 1.54) is 0 Å². The molecule has 0 saturated heterocycles. The van der Waals surface area contributed by atoms with E-state index in [0.717, 1.165) is 5.69 Å². The normalized spacial score (nSPS) is 11.6. The number of hydrogen-bond donors (Lipinski definition) is 2. The average molecular weight is 281 g/mol. The summed E-state index contributed by atoms with van der Waals surface area (Å²) in [7, 11) is 1.84. The predicted octanol–water partition coefficient (Wildman–Crippen LogP) is 1.75.